The second kappa shape index (κ2) is 9.48. The lowest BCUT2D eigenvalue weighted by Crippen LogP contribution is -2.36. The molecule has 0 saturated heterocycles. The van der Waals surface area contributed by atoms with Crippen molar-refractivity contribution in [1.82, 2.24) is 20.4 Å². The molecule has 0 spiro atoms. The maximum atomic E-state index is 12.2. The molecule has 0 aliphatic carbocycles. The topological polar surface area (TPSA) is 114 Å². The molecule has 3 N–H and O–H groups in total. The van der Waals surface area contributed by atoms with E-state index in [0.717, 1.165) is 11.3 Å². The van der Waals surface area contributed by atoms with Crippen LogP contribution >= 0.6 is 0 Å². The number of ether oxygens (including phenoxy) is 1. The predicted octanol–water partition coefficient (Wildman–Crippen LogP) is 0.360. The van der Waals surface area contributed by atoms with Gasteiger partial charge in [-0.05, 0) is 19.1 Å². The van der Waals surface area contributed by atoms with E-state index in [0.29, 0.717) is 13.2 Å². The normalized spacial score (nSPS) is 10.3. The Morgan fingerprint density at radius 3 is 2.56 bits per heavy atom. The number of rotatable bonds is 7. The van der Waals surface area contributed by atoms with Crippen LogP contribution in [-0.4, -0.2) is 47.8 Å². The van der Waals surface area contributed by atoms with E-state index in [4.69, 9.17) is 4.74 Å². The SMILES string of the molecule is COCCNC(=O)c1ccccc1NC(=O)C(=O)NCc1cn(C)nc1C. The van der Waals surface area contributed by atoms with E-state index in [-0.39, 0.29) is 23.7 Å². The Morgan fingerprint density at radius 1 is 1.15 bits per heavy atom. The Balaban J connectivity index is 1.97. The second-order valence-corrected chi connectivity index (χ2v) is 5.84. The maximum absolute atomic E-state index is 12.2. The number of methoxy groups -OCH3 is 1. The third-order valence-corrected chi connectivity index (χ3v) is 3.77. The molecule has 9 nitrogen and oxygen atoms in total. The predicted molar refractivity (Wildman–Crippen MR) is 99.1 cm³/mol. The quantitative estimate of drug-likeness (QED) is 0.479. The van der Waals surface area contributed by atoms with Gasteiger partial charge in [-0.1, -0.05) is 12.1 Å². The molecule has 144 valence electrons. The van der Waals surface area contributed by atoms with E-state index in [1.54, 1.807) is 42.2 Å². The van der Waals surface area contributed by atoms with Gasteiger partial charge in [-0.25, -0.2) is 0 Å². The van der Waals surface area contributed by atoms with Gasteiger partial charge in [-0.3, -0.25) is 19.1 Å². The van der Waals surface area contributed by atoms with Gasteiger partial charge in [0.25, 0.3) is 5.91 Å². The molecule has 1 aromatic heterocycles. The molecule has 9 heteroatoms. The van der Waals surface area contributed by atoms with Crippen LogP contribution in [-0.2, 0) is 27.9 Å². The van der Waals surface area contributed by atoms with E-state index < -0.39 is 11.8 Å². The van der Waals surface area contributed by atoms with Crippen LogP contribution in [0.3, 0.4) is 0 Å². The van der Waals surface area contributed by atoms with Crippen molar-refractivity contribution in [2.24, 2.45) is 7.05 Å². The number of carbonyl (C=O) groups is 3. The smallest absolute Gasteiger partial charge is 0.313 e. The minimum absolute atomic E-state index is 0.186. The average Bonchev–Trinajstić information content (AvgIpc) is 2.97. The van der Waals surface area contributed by atoms with Crippen LogP contribution in [0.5, 0.6) is 0 Å². The van der Waals surface area contributed by atoms with Gasteiger partial charge in [0.2, 0.25) is 0 Å². The fourth-order valence-electron chi connectivity index (χ4n) is 2.41. The Morgan fingerprint density at radius 2 is 1.89 bits per heavy atom. The van der Waals surface area contributed by atoms with Crippen molar-refractivity contribution in [1.29, 1.82) is 0 Å². The molecule has 1 heterocycles. The van der Waals surface area contributed by atoms with Crippen LogP contribution in [0.4, 0.5) is 5.69 Å². The number of carbonyl (C=O) groups excluding carboxylic acids is 3. The molecule has 0 aliphatic heterocycles. The number of nitrogens with zero attached hydrogens (tertiary/aromatic N) is 2. The molecule has 0 unspecified atom stereocenters. The molecule has 0 atom stereocenters. The van der Waals surface area contributed by atoms with Crippen molar-refractivity contribution in [3.63, 3.8) is 0 Å². The highest BCUT2D eigenvalue weighted by molar-refractivity contribution is 6.40. The molecule has 27 heavy (non-hydrogen) atoms. The Bertz CT molecular complexity index is 831. The second-order valence-electron chi connectivity index (χ2n) is 5.84. The molecular weight excluding hydrogens is 350 g/mol. The van der Waals surface area contributed by atoms with Gasteiger partial charge in [0, 0.05) is 39.0 Å². The van der Waals surface area contributed by atoms with Gasteiger partial charge < -0.3 is 20.7 Å². The first-order valence-corrected chi connectivity index (χ1v) is 8.37. The van der Waals surface area contributed by atoms with Crippen molar-refractivity contribution < 1.29 is 19.1 Å². The van der Waals surface area contributed by atoms with Gasteiger partial charge in [0.05, 0.1) is 23.6 Å². The number of aromatic nitrogens is 2. The summed E-state index contributed by atoms with van der Waals surface area (Å²) in [5.74, 6) is -2.02. The standard InChI is InChI=1S/C18H23N5O4/c1-12-13(11-23(2)22-12)10-20-17(25)18(26)21-15-7-5-4-6-14(15)16(24)19-8-9-27-3/h4-7,11H,8-10H2,1-3H3,(H,19,24)(H,20,25)(H,21,26). The van der Waals surface area contributed by atoms with Gasteiger partial charge in [0.15, 0.2) is 0 Å². The van der Waals surface area contributed by atoms with Crippen molar-refractivity contribution in [3.05, 3.63) is 47.3 Å². The highest BCUT2D eigenvalue weighted by atomic mass is 16.5. The summed E-state index contributed by atoms with van der Waals surface area (Å²) in [6.45, 7) is 2.71. The number of anilines is 1. The van der Waals surface area contributed by atoms with Crippen molar-refractivity contribution >= 4 is 23.4 Å². The van der Waals surface area contributed by atoms with Crippen LogP contribution in [0.2, 0.25) is 0 Å². The number of nitrogens with one attached hydrogen (secondary N) is 3. The fraction of sp³-hybridized carbons (Fsp3) is 0.333. The van der Waals surface area contributed by atoms with Gasteiger partial charge in [-0.2, -0.15) is 5.10 Å². The summed E-state index contributed by atoms with van der Waals surface area (Å²) < 4.78 is 6.52. The summed E-state index contributed by atoms with van der Waals surface area (Å²) in [5.41, 5.74) is 2.11. The molecule has 3 amide bonds. The Hall–Kier alpha value is -3.20. The number of aryl methyl sites for hydroxylation is 2. The summed E-state index contributed by atoms with van der Waals surface area (Å²) in [4.78, 5) is 36.4. The van der Waals surface area contributed by atoms with Gasteiger partial charge >= 0.3 is 11.8 Å². The molecule has 1 aromatic carbocycles. The molecule has 0 saturated carbocycles. The van der Waals surface area contributed by atoms with Crippen molar-refractivity contribution in [3.8, 4) is 0 Å². The monoisotopic (exact) mass is 373 g/mol. The Kier molecular flexibility index (Phi) is 7.07. The van der Waals surface area contributed by atoms with Crippen LogP contribution < -0.4 is 16.0 Å². The summed E-state index contributed by atoms with van der Waals surface area (Å²) in [5, 5.41) is 11.9. The summed E-state index contributed by atoms with van der Waals surface area (Å²) >= 11 is 0. The summed E-state index contributed by atoms with van der Waals surface area (Å²) in [7, 11) is 3.31. The first kappa shape index (κ1) is 20.1. The molecule has 0 fully saturated rings. The van der Waals surface area contributed by atoms with E-state index >= 15 is 0 Å². The zero-order chi connectivity index (χ0) is 19.8. The van der Waals surface area contributed by atoms with E-state index in [1.165, 1.54) is 7.11 Å². The van der Waals surface area contributed by atoms with Crippen LogP contribution in [0.15, 0.2) is 30.5 Å². The van der Waals surface area contributed by atoms with E-state index in [9.17, 15) is 14.4 Å². The molecule has 0 aliphatic rings. The Labute approximate surface area is 157 Å². The number of benzene rings is 1. The first-order valence-electron chi connectivity index (χ1n) is 8.37. The minimum Gasteiger partial charge on any atom is -0.383 e. The highest BCUT2D eigenvalue weighted by Gasteiger charge is 2.18. The fourth-order valence-corrected chi connectivity index (χ4v) is 2.41. The van der Waals surface area contributed by atoms with Crippen molar-refractivity contribution in [2.75, 3.05) is 25.6 Å². The lowest BCUT2D eigenvalue weighted by Gasteiger charge is -2.11. The maximum Gasteiger partial charge on any atom is 0.313 e. The largest absolute Gasteiger partial charge is 0.383 e. The molecular formula is C18H23N5O4. The number of para-hydroxylation sites is 1. The van der Waals surface area contributed by atoms with Crippen LogP contribution in [0, 0.1) is 6.92 Å². The van der Waals surface area contributed by atoms with E-state index in [1.807, 2.05) is 6.92 Å². The lowest BCUT2D eigenvalue weighted by molar-refractivity contribution is -0.136. The lowest BCUT2D eigenvalue weighted by atomic mass is 10.1. The molecule has 2 rings (SSSR count). The highest BCUT2D eigenvalue weighted by Crippen LogP contribution is 2.14. The summed E-state index contributed by atoms with van der Waals surface area (Å²) in [6, 6.07) is 6.46. The zero-order valence-corrected chi connectivity index (χ0v) is 15.5. The minimum atomic E-state index is -0.853. The van der Waals surface area contributed by atoms with Gasteiger partial charge in [-0.15, -0.1) is 0 Å². The van der Waals surface area contributed by atoms with Crippen LogP contribution in [0.25, 0.3) is 0 Å². The average molecular weight is 373 g/mol. The number of hydrogen-bond acceptors (Lipinski definition) is 5. The van der Waals surface area contributed by atoms with Gasteiger partial charge in [0.1, 0.15) is 0 Å². The van der Waals surface area contributed by atoms with Crippen molar-refractivity contribution in [2.45, 2.75) is 13.5 Å². The van der Waals surface area contributed by atoms with Crippen LogP contribution in [0.1, 0.15) is 21.6 Å². The molecule has 0 radical (unpaired) electrons. The van der Waals surface area contributed by atoms with E-state index in [2.05, 4.69) is 21.0 Å². The summed E-state index contributed by atoms with van der Waals surface area (Å²) in [6.07, 6.45) is 1.77. The molecule has 0 bridgehead atoms. The number of amides is 3. The third-order valence-electron chi connectivity index (χ3n) is 3.77. The number of hydrogen-bond donors (Lipinski definition) is 3. The zero-order valence-electron chi connectivity index (χ0n) is 15.5. The molecule has 2 aromatic rings. The third kappa shape index (κ3) is 5.65. The first-order chi connectivity index (χ1) is 12.9.